The van der Waals surface area contributed by atoms with Crippen molar-refractivity contribution in [2.75, 3.05) is 19.0 Å². The molecular formula is C22H23N5O4. The normalized spacial score (nSPS) is 15.9. The number of rotatable bonds is 8. The maximum absolute atomic E-state index is 12.7. The number of carbonyl (C=O) groups excluding carboxylic acids is 3. The second-order valence-electron chi connectivity index (χ2n) is 7.28. The number of ether oxygens (including phenoxy) is 1. The Hall–Kier alpha value is -3.88. The molecule has 9 heteroatoms. The second-order valence-corrected chi connectivity index (χ2v) is 7.28. The summed E-state index contributed by atoms with van der Waals surface area (Å²) < 4.78 is 4.98. The number of benzene rings is 1. The van der Waals surface area contributed by atoms with E-state index < -0.39 is 12.1 Å². The predicted molar refractivity (Wildman–Crippen MR) is 115 cm³/mol. The highest BCUT2D eigenvalue weighted by molar-refractivity contribution is 6.04. The van der Waals surface area contributed by atoms with E-state index in [0.717, 1.165) is 16.5 Å². The number of H-pyrrole nitrogens is 1. The first kappa shape index (κ1) is 20.4. The number of hydrogen-bond acceptors (Lipinski definition) is 5. The summed E-state index contributed by atoms with van der Waals surface area (Å²) in [6.45, 7) is 0.284. The molecule has 0 aliphatic carbocycles. The largest absolute Gasteiger partial charge is 0.481 e. The lowest BCUT2D eigenvalue weighted by atomic mass is 10.1. The number of methoxy groups -OCH3 is 1. The number of anilines is 1. The quantitative estimate of drug-likeness (QED) is 0.483. The smallest absolute Gasteiger partial charge is 0.324 e. The second kappa shape index (κ2) is 8.86. The molecule has 2 aromatic heterocycles. The molecule has 3 aromatic rings. The van der Waals surface area contributed by atoms with E-state index in [1.165, 1.54) is 18.2 Å². The topological polar surface area (TPSA) is 116 Å². The number of nitrogens with zero attached hydrogens (tertiary/aromatic N) is 2. The summed E-state index contributed by atoms with van der Waals surface area (Å²) in [5.74, 6) is -0.111. The van der Waals surface area contributed by atoms with Gasteiger partial charge in [0.1, 0.15) is 6.04 Å². The van der Waals surface area contributed by atoms with Crippen LogP contribution < -0.4 is 15.4 Å². The fraction of sp³-hybridized carbons (Fsp3) is 0.273. The molecule has 0 unspecified atom stereocenters. The number of amides is 4. The molecule has 1 aromatic carbocycles. The van der Waals surface area contributed by atoms with E-state index >= 15 is 0 Å². The van der Waals surface area contributed by atoms with E-state index in [1.807, 2.05) is 30.5 Å². The molecule has 1 atom stereocenters. The summed E-state index contributed by atoms with van der Waals surface area (Å²) in [5.41, 5.74) is 2.60. The molecule has 1 aliphatic heterocycles. The number of pyridine rings is 1. The van der Waals surface area contributed by atoms with E-state index in [9.17, 15) is 14.4 Å². The number of carbonyl (C=O) groups is 3. The fourth-order valence-electron chi connectivity index (χ4n) is 3.63. The van der Waals surface area contributed by atoms with Crippen LogP contribution in [0, 0.1) is 0 Å². The number of nitrogens with one attached hydrogen (secondary N) is 3. The number of urea groups is 1. The van der Waals surface area contributed by atoms with Gasteiger partial charge < -0.3 is 20.4 Å². The molecule has 0 spiro atoms. The van der Waals surface area contributed by atoms with Crippen LogP contribution in [-0.2, 0) is 16.0 Å². The van der Waals surface area contributed by atoms with Crippen LogP contribution in [0.2, 0.25) is 0 Å². The zero-order chi connectivity index (χ0) is 21.8. The zero-order valence-electron chi connectivity index (χ0n) is 17.1. The lowest BCUT2D eigenvalue weighted by Gasteiger charge is -2.12. The van der Waals surface area contributed by atoms with Crippen molar-refractivity contribution < 1.29 is 19.1 Å². The summed E-state index contributed by atoms with van der Waals surface area (Å²) in [7, 11) is 1.51. The Kier molecular flexibility index (Phi) is 5.83. The summed E-state index contributed by atoms with van der Waals surface area (Å²) in [6, 6.07) is 10.1. The van der Waals surface area contributed by atoms with Crippen molar-refractivity contribution in [3.63, 3.8) is 0 Å². The van der Waals surface area contributed by atoms with Gasteiger partial charge in [0.2, 0.25) is 11.8 Å². The Morgan fingerprint density at radius 1 is 1.23 bits per heavy atom. The van der Waals surface area contributed by atoms with Crippen LogP contribution in [-0.4, -0.2) is 52.4 Å². The van der Waals surface area contributed by atoms with Crippen LogP contribution in [0.1, 0.15) is 18.4 Å². The SMILES string of the molecule is COc1ccc(NC(=O)CC[C@H]2NC(=O)N(CCc3c[nH]c4ccccc34)C2=O)cn1. The van der Waals surface area contributed by atoms with Crippen LogP contribution in [0.25, 0.3) is 10.9 Å². The van der Waals surface area contributed by atoms with Crippen LogP contribution in [0.15, 0.2) is 48.8 Å². The minimum Gasteiger partial charge on any atom is -0.481 e. The number of hydrogen-bond donors (Lipinski definition) is 3. The molecule has 160 valence electrons. The van der Waals surface area contributed by atoms with Crippen molar-refractivity contribution in [1.29, 1.82) is 0 Å². The van der Waals surface area contributed by atoms with Crippen molar-refractivity contribution in [3.05, 3.63) is 54.4 Å². The molecule has 0 radical (unpaired) electrons. The highest BCUT2D eigenvalue weighted by Crippen LogP contribution is 2.20. The Labute approximate surface area is 178 Å². The standard InChI is InChI=1S/C22H23N5O4/c1-31-20-9-6-15(13-24-20)25-19(28)8-7-18-21(29)27(22(30)26-18)11-10-14-12-23-17-5-3-2-4-16(14)17/h2-6,9,12-13,18,23H,7-8,10-11H2,1H3,(H,25,28)(H,26,30)/t18-/m1/s1. The average molecular weight is 421 g/mol. The molecule has 4 rings (SSSR count). The third-order valence-electron chi connectivity index (χ3n) is 5.28. The number of imide groups is 1. The molecule has 0 saturated carbocycles. The maximum atomic E-state index is 12.7. The van der Waals surface area contributed by atoms with Gasteiger partial charge in [-0.1, -0.05) is 18.2 Å². The maximum Gasteiger partial charge on any atom is 0.324 e. The van der Waals surface area contributed by atoms with Crippen molar-refractivity contribution in [3.8, 4) is 5.88 Å². The fourth-order valence-corrected chi connectivity index (χ4v) is 3.63. The monoisotopic (exact) mass is 421 g/mol. The van der Waals surface area contributed by atoms with Gasteiger partial charge in [-0.15, -0.1) is 0 Å². The van der Waals surface area contributed by atoms with Gasteiger partial charge in [0.15, 0.2) is 0 Å². The average Bonchev–Trinajstić information content (AvgIpc) is 3.31. The first-order chi connectivity index (χ1) is 15.0. The van der Waals surface area contributed by atoms with Gasteiger partial charge in [-0.25, -0.2) is 9.78 Å². The Morgan fingerprint density at radius 3 is 2.84 bits per heavy atom. The third-order valence-corrected chi connectivity index (χ3v) is 5.28. The molecule has 31 heavy (non-hydrogen) atoms. The third kappa shape index (κ3) is 4.50. The highest BCUT2D eigenvalue weighted by atomic mass is 16.5. The van der Waals surface area contributed by atoms with Gasteiger partial charge in [-0.2, -0.15) is 0 Å². The molecule has 1 fully saturated rings. The van der Waals surface area contributed by atoms with Crippen LogP contribution >= 0.6 is 0 Å². The molecule has 0 bridgehead atoms. The van der Waals surface area contributed by atoms with Crippen LogP contribution in [0.5, 0.6) is 5.88 Å². The molecule has 9 nitrogen and oxygen atoms in total. The van der Waals surface area contributed by atoms with E-state index in [0.29, 0.717) is 18.0 Å². The first-order valence-electron chi connectivity index (χ1n) is 10.0. The Balaban J connectivity index is 1.29. The van der Waals surface area contributed by atoms with Crippen molar-refractivity contribution in [2.24, 2.45) is 0 Å². The van der Waals surface area contributed by atoms with Gasteiger partial charge in [0.25, 0.3) is 5.91 Å². The summed E-state index contributed by atoms with van der Waals surface area (Å²) in [4.78, 5) is 45.6. The van der Waals surface area contributed by atoms with Gasteiger partial charge in [0, 0.05) is 36.1 Å². The molecule has 3 N–H and O–H groups in total. The van der Waals surface area contributed by atoms with Crippen LogP contribution in [0.3, 0.4) is 0 Å². The lowest BCUT2D eigenvalue weighted by molar-refractivity contribution is -0.127. The molecule has 1 saturated heterocycles. The lowest BCUT2D eigenvalue weighted by Crippen LogP contribution is -2.33. The molecule has 3 heterocycles. The van der Waals surface area contributed by atoms with Crippen molar-refractivity contribution >= 4 is 34.4 Å². The van der Waals surface area contributed by atoms with Crippen molar-refractivity contribution in [2.45, 2.75) is 25.3 Å². The summed E-state index contributed by atoms with van der Waals surface area (Å²) in [5, 5.41) is 6.47. The van der Waals surface area contributed by atoms with Gasteiger partial charge in [0.05, 0.1) is 19.0 Å². The van der Waals surface area contributed by atoms with Gasteiger partial charge in [-0.3, -0.25) is 14.5 Å². The van der Waals surface area contributed by atoms with E-state index in [1.54, 1.807) is 12.1 Å². The minimum atomic E-state index is -0.699. The summed E-state index contributed by atoms with van der Waals surface area (Å²) in [6.07, 6.45) is 4.27. The minimum absolute atomic E-state index is 0.0962. The van der Waals surface area contributed by atoms with E-state index in [4.69, 9.17) is 4.74 Å². The first-order valence-corrected chi connectivity index (χ1v) is 10.0. The molecular weight excluding hydrogens is 398 g/mol. The van der Waals surface area contributed by atoms with E-state index in [2.05, 4.69) is 20.6 Å². The van der Waals surface area contributed by atoms with Crippen LogP contribution in [0.4, 0.5) is 10.5 Å². The number of fused-ring (bicyclic) bond motifs is 1. The number of aromatic amines is 1. The predicted octanol–water partition coefficient (Wildman–Crippen LogP) is 2.45. The Bertz CT molecular complexity index is 1110. The molecule has 1 aliphatic rings. The number of para-hydroxylation sites is 1. The summed E-state index contributed by atoms with van der Waals surface area (Å²) >= 11 is 0. The van der Waals surface area contributed by atoms with E-state index in [-0.39, 0.29) is 31.2 Å². The number of aromatic nitrogens is 2. The van der Waals surface area contributed by atoms with Gasteiger partial charge in [-0.05, 0) is 30.5 Å². The highest BCUT2D eigenvalue weighted by Gasteiger charge is 2.37. The van der Waals surface area contributed by atoms with Crippen molar-refractivity contribution in [1.82, 2.24) is 20.2 Å². The zero-order valence-corrected chi connectivity index (χ0v) is 17.1. The van der Waals surface area contributed by atoms with Gasteiger partial charge >= 0.3 is 6.03 Å². The Morgan fingerprint density at radius 2 is 2.06 bits per heavy atom. The molecule has 4 amide bonds.